The Morgan fingerprint density at radius 1 is 1.62 bits per heavy atom. The fourth-order valence-corrected chi connectivity index (χ4v) is 1.39. The lowest BCUT2D eigenvalue weighted by atomic mass is 9.95. The van der Waals surface area contributed by atoms with E-state index in [1.807, 2.05) is 0 Å². The fraction of sp³-hybridized carbons (Fsp3) is 0.750. The molecule has 0 spiro atoms. The lowest BCUT2D eigenvalue weighted by Gasteiger charge is -2.31. The molecule has 0 saturated carbocycles. The molecule has 0 radical (unpaired) electrons. The Bertz CT molecular complexity index is 228. The van der Waals surface area contributed by atoms with Gasteiger partial charge < -0.3 is 15.2 Å². The third-order valence-electron chi connectivity index (χ3n) is 2.19. The zero-order valence-electron chi connectivity index (χ0n) is 7.61. The number of amides is 1. The summed E-state index contributed by atoms with van der Waals surface area (Å²) in [6, 6.07) is -0.287. The maximum Gasteiger partial charge on any atom is 0.405 e. The number of cyclic esters (lactones) is 1. The number of hydrogen-bond acceptors (Lipinski definition) is 3. The monoisotopic (exact) mass is 187 g/mol. The van der Waals surface area contributed by atoms with Crippen molar-refractivity contribution < 1.29 is 19.4 Å². The van der Waals surface area contributed by atoms with Gasteiger partial charge in [-0.05, 0) is 13.3 Å². The van der Waals surface area contributed by atoms with Gasteiger partial charge in [0.2, 0.25) is 0 Å². The molecule has 0 bridgehead atoms. The summed E-state index contributed by atoms with van der Waals surface area (Å²) in [4.78, 5) is 21.4. The topological polar surface area (TPSA) is 75.6 Å². The lowest BCUT2D eigenvalue weighted by molar-refractivity contribution is -0.160. The van der Waals surface area contributed by atoms with E-state index in [2.05, 4.69) is 5.32 Å². The number of rotatable bonds is 1. The van der Waals surface area contributed by atoms with Crippen LogP contribution >= 0.6 is 0 Å². The summed E-state index contributed by atoms with van der Waals surface area (Å²) in [5.41, 5.74) is 0. The summed E-state index contributed by atoms with van der Waals surface area (Å²) >= 11 is 0. The van der Waals surface area contributed by atoms with Crippen LogP contribution in [0.15, 0.2) is 0 Å². The van der Waals surface area contributed by atoms with Crippen molar-refractivity contribution in [3.8, 4) is 0 Å². The second-order valence-electron chi connectivity index (χ2n) is 3.33. The van der Waals surface area contributed by atoms with Crippen molar-refractivity contribution in [2.75, 3.05) is 0 Å². The summed E-state index contributed by atoms with van der Waals surface area (Å²) in [6.45, 7) is 3.41. The van der Waals surface area contributed by atoms with Gasteiger partial charge in [-0.2, -0.15) is 0 Å². The van der Waals surface area contributed by atoms with Crippen molar-refractivity contribution in [2.24, 2.45) is 5.92 Å². The third-order valence-corrected chi connectivity index (χ3v) is 2.19. The Kier molecular flexibility index (Phi) is 2.75. The molecule has 3 atom stereocenters. The zero-order chi connectivity index (χ0) is 10.0. The molecule has 0 aromatic heterocycles. The summed E-state index contributed by atoms with van der Waals surface area (Å²) in [5.74, 6) is -0.482. The molecule has 1 rings (SSSR count). The van der Waals surface area contributed by atoms with Gasteiger partial charge in [0, 0.05) is 0 Å². The van der Waals surface area contributed by atoms with Crippen LogP contribution in [0.2, 0.25) is 0 Å². The van der Waals surface area contributed by atoms with Crippen molar-refractivity contribution in [1.82, 2.24) is 5.32 Å². The van der Waals surface area contributed by atoms with Crippen LogP contribution < -0.4 is 5.32 Å². The van der Waals surface area contributed by atoms with Gasteiger partial charge in [0.25, 0.3) is 0 Å². The van der Waals surface area contributed by atoms with Gasteiger partial charge in [-0.15, -0.1) is 0 Å². The minimum absolute atomic E-state index is 0.229. The van der Waals surface area contributed by atoms with Gasteiger partial charge in [0.15, 0.2) is 0 Å². The lowest BCUT2D eigenvalue weighted by Crippen LogP contribution is -2.49. The second-order valence-corrected chi connectivity index (χ2v) is 3.33. The highest BCUT2D eigenvalue weighted by Crippen LogP contribution is 2.19. The Labute approximate surface area is 76.1 Å². The molecule has 5 heteroatoms. The summed E-state index contributed by atoms with van der Waals surface area (Å²) in [5, 5.41) is 10.8. The quantitative estimate of drug-likeness (QED) is 0.589. The van der Waals surface area contributed by atoms with E-state index in [0.29, 0.717) is 6.42 Å². The Balaban J connectivity index is 2.56. The zero-order valence-corrected chi connectivity index (χ0v) is 7.61. The van der Waals surface area contributed by atoms with Crippen LogP contribution in [0.5, 0.6) is 0 Å². The smallest absolute Gasteiger partial charge is 0.405 e. The van der Waals surface area contributed by atoms with E-state index in [1.54, 1.807) is 13.8 Å². The fourth-order valence-electron chi connectivity index (χ4n) is 1.39. The summed E-state index contributed by atoms with van der Waals surface area (Å²) in [7, 11) is 0. The highest BCUT2D eigenvalue weighted by atomic mass is 16.5. The van der Waals surface area contributed by atoms with Crippen molar-refractivity contribution in [2.45, 2.75) is 32.4 Å². The SMILES string of the molecule is C[C@H]1C[C@@H](NC(=O)O)[C@@H](C)OC1=O. The Morgan fingerprint density at radius 3 is 2.77 bits per heavy atom. The molecule has 0 aliphatic carbocycles. The number of carbonyl (C=O) groups is 2. The van der Waals surface area contributed by atoms with Crippen LogP contribution in [0.3, 0.4) is 0 Å². The summed E-state index contributed by atoms with van der Waals surface area (Å²) in [6.07, 6.45) is -0.950. The van der Waals surface area contributed by atoms with Crippen molar-refractivity contribution >= 4 is 12.1 Å². The molecule has 1 aliphatic heterocycles. The van der Waals surface area contributed by atoms with Gasteiger partial charge in [0.1, 0.15) is 6.10 Å². The molecule has 1 amide bonds. The number of nitrogens with one attached hydrogen (secondary N) is 1. The second kappa shape index (κ2) is 3.64. The number of esters is 1. The van der Waals surface area contributed by atoms with E-state index < -0.39 is 6.09 Å². The van der Waals surface area contributed by atoms with Gasteiger partial charge >= 0.3 is 12.1 Å². The van der Waals surface area contributed by atoms with Crippen LogP contribution in [-0.4, -0.2) is 29.3 Å². The molecule has 5 nitrogen and oxygen atoms in total. The molecular weight excluding hydrogens is 174 g/mol. The van der Waals surface area contributed by atoms with E-state index in [4.69, 9.17) is 9.84 Å². The largest absolute Gasteiger partial charge is 0.465 e. The number of hydrogen-bond donors (Lipinski definition) is 2. The Morgan fingerprint density at radius 2 is 2.23 bits per heavy atom. The van der Waals surface area contributed by atoms with E-state index >= 15 is 0 Å². The van der Waals surface area contributed by atoms with Crippen LogP contribution in [0, 0.1) is 5.92 Å². The van der Waals surface area contributed by atoms with Crippen LogP contribution in [0.4, 0.5) is 4.79 Å². The molecule has 2 N–H and O–H groups in total. The highest BCUT2D eigenvalue weighted by Gasteiger charge is 2.33. The maximum atomic E-state index is 11.0. The first-order chi connectivity index (χ1) is 6.00. The molecule has 1 aliphatic rings. The first-order valence-corrected chi connectivity index (χ1v) is 4.20. The van der Waals surface area contributed by atoms with E-state index in [1.165, 1.54) is 0 Å². The predicted octanol–water partition coefficient (Wildman–Crippen LogP) is 0.594. The molecule has 1 heterocycles. The van der Waals surface area contributed by atoms with Crippen LogP contribution in [0.25, 0.3) is 0 Å². The van der Waals surface area contributed by atoms with Gasteiger partial charge in [0.05, 0.1) is 12.0 Å². The molecular formula is C8H13NO4. The number of carbonyl (C=O) groups excluding carboxylic acids is 1. The molecule has 1 fully saturated rings. The average Bonchev–Trinajstić information content (AvgIpc) is 1.99. The van der Waals surface area contributed by atoms with E-state index in [-0.39, 0.29) is 24.0 Å². The minimum atomic E-state index is -1.08. The first kappa shape index (κ1) is 9.83. The molecule has 1 saturated heterocycles. The van der Waals surface area contributed by atoms with Gasteiger partial charge in [-0.25, -0.2) is 4.79 Å². The van der Waals surface area contributed by atoms with E-state index in [9.17, 15) is 9.59 Å². The number of ether oxygens (including phenoxy) is 1. The molecule has 0 unspecified atom stereocenters. The summed E-state index contributed by atoms with van der Waals surface area (Å²) < 4.78 is 4.95. The van der Waals surface area contributed by atoms with Crippen molar-refractivity contribution in [3.63, 3.8) is 0 Å². The first-order valence-electron chi connectivity index (χ1n) is 4.20. The molecule has 74 valence electrons. The number of carboxylic acid groups (broad SMARTS) is 1. The normalized spacial score (nSPS) is 33.7. The van der Waals surface area contributed by atoms with Crippen LogP contribution in [-0.2, 0) is 9.53 Å². The third kappa shape index (κ3) is 2.34. The van der Waals surface area contributed by atoms with Crippen LogP contribution in [0.1, 0.15) is 20.3 Å². The van der Waals surface area contributed by atoms with Gasteiger partial charge in [-0.3, -0.25) is 4.79 Å². The standard InChI is InChI=1S/C8H13NO4/c1-4-3-6(9-8(11)12)5(2)13-7(4)10/h4-6,9H,3H2,1-2H3,(H,11,12)/t4-,5+,6+/m0/s1. The highest BCUT2D eigenvalue weighted by molar-refractivity contribution is 5.73. The van der Waals surface area contributed by atoms with Crippen molar-refractivity contribution in [3.05, 3.63) is 0 Å². The Hall–Kier alpha value is -1.26. The molecule has 0 aromatic rings. The molecule has 0 aromatic carbocycles. The maximum absolute atomic E-state index is 11.0. The average molecular weight is 187 g/mol. The predicted molar refractivity (Wildman–Crippen MR) is 44.3 cm³/mol. The molecule has 13 heavy (non-hydrogen) atoms. The minimum Gasteiger partial charge on any atom is -0.465 e. The van der Waals surface area contributed by atoms with Crippen molar-refractivity contribution in [1.29, 1.82) is 0 Å². The van der Waals surface area contributed by atoms with Gasteiger partial charge in [-0.1, -0.05) is 6.92 Å². The van der Waals surface area contributed by atoms with E-state index in [0.717, 1.165) is 0 Å².